The summed E-state index contributed by atoms with van der Waals surface area (Å²) in [6.07, 6.45) is 1.61. The van der Waals surface area contributed by atoms with Gasteiger partial charge in [0.05, 0.1) is 5.56 Å². The largest absolute Gasteiger partial charge is 0.436 e. The maximum Gasteiger partial charge on any atom is 0.408 e. The Balaban J connectivity index is 2.61. The summed E-state index contributed by atoms with van der Waals surface area (Å²) in [7, 11) is 0. The molecule has 1 amide bonds. The number of alkyl carbamates (subject to hydrolysis) is 1. The molecule has 1 rings (SSSR count). The van der Waals surface area contributed by atoms with E-state index in [4.69, 9.17) is 4.74 Å². The van der Waals surface area contributed by atoms with Crippen LogP contribution < -0.4 is 5.32 Å². The Bertz CT molecular complexity index is 568. The fraction of sp³-hybridized carbons (Fsp3) is 0.357. The highest BCUT2D eigenvalue weighted by Crippen LogP contribution is 2.11. The molecule has 6 heteroatoms. The Hall–Kier alpha value is -1.87. The predicted molar refractivity (Wildman–Crippen MR) is 78.4 cm³/mol. The van der Waals surface area contributed by atoms with Crippen LogP contribution in [0.2, 0.25) is 0 Å². The van der Waals surface area contributed by atoms with Gasteiger partial charge in [-0.25, -0.2) is 4.79 Å². The van der Waals surface area contributed by atoms with Gasteiger partial charge in [0, 0.05) is 16.2 Å². The molecule has 0 atom stereocenters. The van der Waals surface area contributed by atoms with Gasteiger partial charge in [0.15, 0.2) is 12.9 Å². The van der Waals surface area contributed by atoms with E-state index >= 15 is 0 Å². The summed E-state index contributed by atoms with van der Waals surface area (Å²) in [5.74, 6) is 5.41. The first-order valence-electron chi connectivity index (χ1n) is 5.86. The first-order chi connectivity index (χ1) is 9.31. The summed E-state index contributed by atoms with van der Waals surface area (Å²) < 4.78 is 5.62. The second kappa shape index (κ2) is 7.06. The van der Waals surface area contributed by atoms with Crippen molar-refractivity contribution in [2.45, 2.75) is 26.3 Å². The molecular weight excluding hydrogens is 324 g/mol. The number of ether oxygens (including phenoxy) is 1. The van der Waals surface area contributed by atoms with E-state index in [1.54, 1.807) is 6.07 Å². The lowest BCUT2D eigenvalue weighted by Gasteiger charge is -2.19. The van der Waals surface area contributed by atoms with Gasteiger partial charge < -0.3 is 10.1 Å². The van der Waals surface area contributed by atoms with Crippen molar-refractivity contribution in [1.82, 2.24) is 10.3 Å². The maximum absolute atomic E-state index is 11.4. The van der Waals surface area contributed by atoms with E-state index in [0.29, 0.717) is 11.8 Å². The molecule has 20 heavy (non-hydrogen) atoms. The lowest BCUT2D eigenvalue weighted by Crippen LogP contribution is -2.40. The molecule has 106 valence electrons. The van der Waals surface area contributed by atoms with E-state index in [1.165, 1.54) is 6.20 Å². The lowest BCUT2D eigenvalue weighted by atomic mass is 10.1. The maximum atomic E-state index is 11.4. The van der Waals surface area contributed by atoms with Crippen LogP contribution in [-0.2, 0) is 4.74 Å². The van der Waals surface area contributed by atoms with E-state index < -0.39 is 6.09 Å². The van der Waals surface area contributed by atoms with Crippen molar-refractivity contribution in [1.29, 1.82) is 0 Å². The highest BCUT2D eigenvalue weighted by atomic mass is 79.9. The molecule has 0 bridgehead atoms. The molecule has 0 aliphatic rings. The standard InChI is InChI=1S/C14H15BrN2O3/c1-14(2,3)17-13(19)20-6-4-5-10-7-11(15)8-16-12(10)9-18/h7-9H,6H2,1-3H3,(H,17,19). The molecule has 0 aliphatic heterocycles. The summed E-state index contributed by atoms with van der Waals surface area (Å²) >= 11 is 3.25. The van der Waals surface area contributed by atoms with Crippen LogP contribution in [0, 0.1) is 11.8 Å². The topological polar surface area (TPSA) is 68.3 Å². The van der Waals surface area contributed by atoms with Crippen molar-refractivity contribution in [3.63, 3.8) is 0 Å². The monoisotopic (exact) mass is 338 g/mol. The van der Waals surface area contributed by atoms with Gasteiger partial charge in [-0.2, -0.15) is 0 Å². The third-order valence-corrected chi connectivity index (χ3v) is 2.41. The Morgan fingerprint density at radius 3 is 2.85 bits per heavy atom. The van der Waals surface area contributed by atoms with E-state index in [1.807, 2.05) is 20.8 Å². The number of nitrogens with one attached hydrogen (secondary N) is 1. The van der Waals surface area contributed by atoms with Crippen LogP contribution in [0.5, 0.6) is 0 Å². The lowest BCUT2D eigenvalue weighted by molar-refractivity contribution is 0.111. The zero-order chi connectivity index (χ0) is 15.2. The predicted octanol–water partition coefficient (Wildman–Crippen LogP) is 2.53. The van der Waals surface area contributed by atoms with Crippen LogP contribution in [-0.4, -0.2) is 29.5 Å². The number of halogens is 1. The molecule has 1 aromatic rings. The summed E-state index contributed by atoms with van der Waals surface area (Å²) in [6.45, 7) is 5.49. The number of rotatable bonds is 2. The Kier molecular flexibility index (Phi) is 5.71. The number of aromatic nitrogens is 1. The number of hydrogen-bond acceptors (Lipinski definition) is 4. The van der Waals surface area contributed by atoms with Crippen LogP contribution in [0.25, 0.3) is 0 Å². The molecule has 0 saturated carbocycles. The molecule has 5 nitrogen and oxygen atoms in total. The minimum atomic E-state index is -0.533. The summed E-state index contributed by atoms with van der Waals surface area (Å²) in [5.41, 5.74) is 0.373. The first kappa shape index (κ1) is 16.2. The van der Waals surface area contributed by atoms with Gasteiger partial charge in [-0.1, -0.05) is 11.8 Å². The van der Waals surface area contributed by atoms with Gasteiger partial charge in [0.1, 0.15) is 5.69 Å². The Labute approximate surface area is 126 Å². The number of aldehydes is 1. The van der Waals surface area contributed by atoms with Gasteiger partial charge in [-0.3, -0.25) is 9.78 Å². The van der Waals surface area contributed by atoms with Crippen molar-refractivity contribution in [3.8, 4) is 11.8 Å². The molecule has 1 N–H and O–H groups in total. The van der Waals surface area contributed by atoms with Crippen molar-refractivity contribution < 1.29 is 14.3 Å². The van der Waals surface area contributed by atoms with Gasteiger partial charge in [0.25, 0.3) is 0 Å². The molecule has 0 unspecified atom stereocenters. The second-order valence-corrected chi connectivity index (χ2v) is 5.87. The van der Waals surface area contributed by atoms with Crippen LogP contribution in [0.15, 0.2) is 16.7 Å². The molecule has 0 spiro atoms. The average molecular weight is 339 g/mol. The van der Waals surface area contributed by atoms with Gasteiger partial charge in [0.2, 0.25) is 0 Å². The van der Waals surface area contributed by atoms with Gasteiger partial charge in [-0.15, -0.1) is 0 Å². The summed E-state index contributed by atoms with van der Waals surface area (Å²) in [4.78, 5) is 26.1. The van der Waals surface area contributed by atoms with E-state index in [-0.39, 0.29) is 17.8 Å². The number of pyridine rings is 1. The van der Waals surface area contributed by atoms with Crippen LogP contribution >= 0.6 is 15.9 Å². The fourth-order valence-electron chi connectivity index (χ4n) is 1.22. The third kappa shape index (κ3) is 5.85. The number of amides is 1. The smallest absolute Gasteiger partial charge is 0.408 e. The molecule has 1 aromatic heterocycles. The minimum absolute atomic E-state index is 0.0628. The number of carbonyl (C=O) groups excluding carboxylic acids is 2. The number of carbonyl (C=O) groups is 2. The quantitative estimate of drug-likeness (QED) is 0.664. The van der Waals surface area contributed by atoms with Crippen molar-refractivity contribution in [2.75, 3.05) is 6.61 Å². The van der Waals surface area contributed by atoms with Crippen LogP contribution in [0.3, 0.4) is 0 Å². The summed E-state index contributed by atoms with van der Waals surface area (Å²) in [6, 6.07) is 1.68. The van der Waals surface area contributed by atoms with Crippen molar-refractivity contribution in [3.05, 3.63) is 28.0 Å². The van der Waals surface area contributed by atoms with Crippen molar-refractivity contribution in [2.24, 2.45) is 0 Å². The highest BCUT2D eigenvalue weighted by Gasteiger charge is 2.13. The SMILES string of the molecule is CC(C)(C)NC(=O)OCC#Cc1cc(Br)cnc1C=O. The van der Waals surface area contributed by atoms with Gasteiger partial charge >= 0.3 is 6.09 Å². The molecule has 0 aliphatic carbocycles. The molecule has 0 aromatic carbocycles. The zero-order valence-corrected chi connectivity index (χ0v) is 13.1. The molecule has 0 radical (unpaired) electrons. The first-order valence-corrected chi connectivity index (χ1v) is 6.65. The fourth-order valence-corrected chi connectivity index (χ4v) is 1.55. The average Bonchev–Trinajstić information content (AvgIpc) is 2.33. The Morgan fingerprint density at radius 2 is 2.25 bits per heavy atom. The summed E-state index contributed by atoms with van der Waals surface area (Å²) in [5, 5.41) is 2.64. The Morgan fingerprint density at radius 1 is 1.55 bits per heavy atom. The third-order valence-electron chi connectivity index (χ3n) is 1.97. The zero-order valence-electron chi connectivity index (χ0n) is 11.5. The van der Waals surface area contributed by atoms with Crippen molar-refractivity contribution >= 4 is 28.3 Å². The molecule has 1 heterocycles. The van der Waals surface area contributed by atoms with E-state index in [2.05, 4.69) is 38.1 Å². The number of nitrogens with zero attached hydrogens (tertiary/aromatic N) is 1. The normalized spacial score (nSPS) is 10.2. The van der Waals surface area contributed by atoms with E-state index in [0.717, 1.165) is 4.47 Å². The molecule has 0 fully saturated rings. The minimum Gasteiger partial charge on any atom is -0.436 e. The van der Waals surface area contributed by atoms with E-state index in [9.17, 15) is 9.59 Å². The second-order valence-electron chi connectivity index (χ2n) is 4.96. The highest BCUT2D eigenvalue weighted by molar-refractivity contribution is 9.10. The van der Waals surface area contributed by atoms with Crippen LogP contribution in [0.4, 0.5) is 4.79 Å². The number of hydrogen-bond donors (Lipinski definition) is 1. The van der Waals surface area contributed by atoms with Crippen LogP contribution in [0.1, 0.15) is 36.8 Å². The molecular formula is C14H15BrN2O3. The molecule has 0 saturated heterocycles. The van der Waals surface area contributed by atoms with Gasteiger partial charge in [-0.05, 0) is 42.8 Å².